The van der Waals surface area contributed by atoms with Gasteiger partial charge in [-0.1, -0.05) is 27.7 Å². The predicted octanol–water partition coefficient (Wildman–Crippen LogP) is 4.91. The Kier molecular flexibility index (Phi) is 8.33. The van der Waals surface area contributed by atoms with Gasteiger partial charge in [-0.25, -0.2) is 0 Å². The monoisotopic (exact) mass is 519 g/mol. The smallest absolute Gasteiger partial charge is 0.309 e. The molecule has 0 spiro atoms. The van der Waals surface area contributed by atoms with Crippen molar-refractivity contribution in [3.63, 3.8) is 0 Å². The van der Waals surface area contributed by atoms with Crippen LogP contribution in [0.1, 0.15) is 92.9 Å². The molecule has 4 rings (SSSR count). The number of hydrogen-bond acceptors (Lipinski definition) is 7. The number of nitrogens with one attached hydrogen (secondary N) is 1. The molecule has 7 nitrogen and oxygen atoms in total. The zero-order valence-corrected chi connectivity index (χ0v) is 24.0. The summed E-state index contributed by atoms with van der Waals surface area (Å²) in [6.07, 6.45) is 6.91. The van der Waals surface area contributed by atoms with Gasteiger partial charge in [-0.05, 0) is 98.3 Å². The van der Waals surface area contributed by atoms with E-state index in [0.717, 1.165) is 51.5 Å². The molecule has 0 bridgehead atoms. The highest BCUT2D eigenvalue weighted by Gasteiger charge is 2.65. The molecule has 0 aliphatic heterocycles. The van der Waals surface area contributed by atoms with Crippen LogP contribution < -0.4 is 5.32 Å². The second-order valence-electron chi connectivity index (χ2n) is 13.4. The largest absolute Gasteiger partial charge is 0.469 e. The van der Waals surface area contributed by atoms with E-state index in [-0.39, 0.29) is 46.8 Å². The number of carbonyl (C=O) groups is 3. The Balaban J connectivity index is 1.68. The molecule has 7 heteroatoms. The summed E-state index contributed by atoms with van der Waals surface area (Å²) in [5, 5.41) is 3.98. The first-order valence-electron chi connectivity index (χ1n) is 14.6. The van der Waals surface area contributed by atoms with Crippen molar-refractivity contribution < 1.29 is 28.6 Å². The molecule has 4 saturated carbocycles. The van der Waals surface area contributed by atoms with Crippen LogP contribution >= 0.6 is 0 Å². The van der Waals surface area contributed by atoms with Gasteiger partial charge < -0.3 is 19.5 Å². The molecule has 0 aromatic heterocycles. The summed E-state index contributed by atoms with van der Waals surface area (Å²) >= 11 is 0. The Bertz CT molecular complexity index is 874. The van der Waals surface area contributed by atoms with Gasteiger partial charge in [0.05, 0.1) is 13.0 Å². The fourth-order valence-electron chi connectivity index (χ4n) is 9.38. The van der Waals surface area contributed by atoms with E-state index < -0.39 is 6.10 Å². The summed E-state index contributed by atoms with van der Waals surface area (Å²) < 4.78 is 16.8. The van der Waals surface area contributed by atoms with Gasteiger partial charge in [-0.15, -0.1) is 0 Å². The van der Waals surface area contributed by atoms with Gasteiger partial charge in [0.2, 0.25) is 0 Å². The molecule has 4 fully saturated rings. The maximum Gasteiger partial charge on any atom is 0.309 e. The van der Waals surface area contributed by atoms with Crippen molar-refractivity contribution >= 4 is 17.9 Å². The van der Waals surface area contributed by atoms with Crippen molar-refractivity contribution in [3.05, 3.63) is 0 Å². The molecule has 0 aromatic rings. The van der Waals surface area contributed by atoms with E-state index in [9.17, 15) is 14.4 Å². The highest BCUT2D eigenvalue weighted by molar-refractivity contribution is 5.74. The number of rotatable bonds is 7. The number of methoxy groups -OCH3 is 1. The number of carbonyl (C=O) groups excluding carboxylic acids is 3. The fraction of sp³-hybridized carbons (Fsp3) is 0.900. The zero-order valence-electron chi connectivity index (χ0n) is 24.0. The van der Waals surface area contributed by atoms with Crippen LogP contribution in [0.4, 0.5) is 0 Å². The van der Waals surface area contributed by atoms with E-state index >= 15 is 0 Å². The first kappa shape index (κ1) is 28.4. The fourth-order valence-corrected chi connectivity index (χ4v) is 9.38. The van der Waals surface area contributed by atoms with Crippen LogP contribution in [-0.4, -0.2) is 49.8 Å². The average molecular weight is 520 g/mol. The van der Waals surface area contributed by atoms with Crippen LogP contribution in [0.15, 0.2) is 0 Å². The molecule has 0 amide bonds. The summed E-state index contributed by atoms with van der Waals surface area (Å²) in [6, 6.07) is 0.284. The van der Waals surface area contributed by atoms with E-state index in [1.165, 1.54) is 21.0 Å². The lowest BCUT2D eigenvalue weighted by Gasteiger charge is -2.64. The number of ether oxygens (including phenoxy) is 3. The molecule has 0 heterocycles. The van der Waals surface area contributed by atoms with Gasteiger partial charge in [-0.3, -0.25) is 14.4 Å². The molecule has 0 unspecified atom stereocenters. The van der Waals surface area contributed by atoms with Crippen LogP contribution in [0.5, 0.6) is 0 Å². The van der Waals surface area contributed by atoms with Gasteiger partial charge in [-0.2, -0.15) is 0 Å². The summed E-state index contributed by atoms with van der Waals surface area (Å²) in [4.78, 5) is 36.8. The molecule has 10 atom stereocenters. The van der Waals surface area contributed by atoms with Gasteiger partial charge in [0.25, 0.3) is 0 Å². The Morgan fingerprint density at radius 3 is 2.22 bits per heavy atom. The average Bonchev–Trinajstić information content (AvgIpc) is 3.14. The van der Waals surface area contributed by atoms with Crippen LogP contribution in [0.3, 0.4) is 0 Å². The molecule has 4 aliphatic rings. The van der Waals surface area contributed by atoms with Gasteiger partial charge in [0.1, 0.15) is 12.2 Å². The van der Waals surface area contributed by atoms with Crippen molar-refractivity contribution in [2.75, 3.05) is 13.7 Å². The summed E-state index contributed by atoms with van der Waals surface area (Å²) in [7, 11) is 1.52. The maximum atomic E-state index is 12.9. The standard InChI is InChI=1S/C30H49NO6/c1-17(2)12-13-31-24-15-30(6)22(10-11-23(30)28(34)35-7)21-9-8-20-14-25(36-18(3)32)26(37-19(4)33)16-29(20,5)27(21)24/h17,20-27,31H,8-16H2,1-7H3/t20-,21-,22-,23+,24+,25-,26-,27+,29-,30-/m0/s1. The molecule has 1 N–H and O–H groups in total. The normalized spacial score (nSPS) is 42.8. The topological polar surface area (TPSA) is 90.9 Å². The highest BCUT2D eigenvalue weighted by Crippen LogP contribution is 2.67. The van der Waals surface area contributed by atoms with E-state index in [1.807, 2.05) is 0 Å². The number of fused-ring (bicyclic) bond motifs is 5. The van der Waals surface area contributed by atoms with Gasteiger partial charge >= 0.3 is 17.9 Å². The minimum atomic E-state index is -0.419. The molecule has 0 saturated heterocycles. The highest BCUT2D eigenvalue weighted by atomic mass is 16.6. The van der Waals surface area contributed by atoms with Crippen LogP contribution in [-0.2, 0) is 28.6 Å². The Morgan fingerprint density at radius 1 is 0.919 bits per heavy atom. The maximum absolute atomic E-state index is 12.9. The second-order valence-corrected chi connectivity index (χ2v) is 13.4. The third-order valence-corrected chi connectivity index (χ3v) is 10.8. The third-order valence-electron chi connectivity index (χ3n) is 10.8. The third kappa shape index (κ3) is 5.31. The van der Waals surface area contributed by atoms with Crippen LogP contribution in [0, 0.1) is 46.3 Å². The Labute approximate surface area is 223 Å². The van der Waals surface area contributed by atoms with E-state index in [0.29, 0.717) is 36.0 Å². The summed E-state index contributed by atoms with van der Waals surface area (Å²) in [6.45, 7) is 13.1. The molecule has 4 aliphatic carbocycles. The quantitative estimate of drug-likeness (QED) is 0.378. The van der Waals surface area contributed by atoms with Crippen molar-refractivity contribution in [1.82, 2.24) is 5.32 Å². The van der Waals surface area contributed by atoms with Crippen molar-refractivity contribution in [2.24, 2.45) is 46.3 Å². The lowest BCUT2D eigenvalue weighted by Crippen LogP contribution is -2.64. The predicted molar refractivity (Wildman–Crippen MR) is 140 cm³/mol. The molecular formula is C30H49NO6. The first-order chi connectivity index (χ1) is 17.4. The van der Waals surface area contributed by atoms with Crippen molar-refractivity contribution in [1.29, 1.82) is 0 Å². The molecule has 37 heavy (non-hydrogen) atoms. The van der Waals surface area contributed by atoms with Gasteiger partial charge in [0, 0.05) is 19.9 Å². The minimum Gasteiger partial charge on any atom is -0.469 e. The molecular weight excluding hydrogens is 470 g/mol. The number of hydrogen-bond donors (Lipinski definition) is 1. The van der Waals surface area contributed by atoms with E-state index in [2.05, 4.69) is 33.0 Å². The summed E-state index contributed by atoms with van der Waals surface area (Å²) in [5.41, 5.74) is -0.114. The van der Waals surface area contributed by atoms with Gasteiger partial charge in [0.15, 0.2) is 0 Å². The lowest BCUT2D eigenvalue weighted by atomic mass is 9.43. The van der Waals surface area contributed by atoms with E-state index in [1.54, 1.807) is 0 Å². The lowest BCUT2D eigenvalue weighted by molar-refractivity contribution is -0.199. The molecule has 0 aromatic carbocycles. The zero-order chi connectivity index (χ0) is 27.1. The van der Waals surface area contributed by atoms with Crippen molar-refractivity contribution in [2.45, 2.75) is 111 Å². The first-order valence-corrected chi connectivity index (χ1v) is 14.6. The molecule has 0 radical (unpaired) electrons. The van der Waals surface area contributed by atoms with E-state index in [4.69, 9.17) is 14.2 Å². The Hall–Kier alpha value is -1.63. The molecule has 210 valence electrons. The van der Waals surface area contributed by atoms with Crippen LogP contribution in [0.2, 0.25) is 0 Å². The second kappa shape index (κ2) is 10.9. The minimum absolute atomic E-state index is 0.0418. The Morgan fingerprint density at radius 2 is 1.59 bits per heavy atom. The van der Waals surface area contributed by atoms with Crippen LogP contribution in [0.25, 0.3) is 0 Å². The number of esters is 3. The SMILES string of the molecule is COC(=O)[C@H]1CC[C@H]2[C@@H]3CC[C@H]4C[C@H](OC(C)=O)[C@@H](OC(C)=O)C[C@]4(C)[C@H]3[C@H](NCCC(C)C)C[C@]12C. The van der Waals surface area contributed by atoms with Crippen molar-refractivity contribution in [3.8, 4) is 0 Å². The summed E-state index contributed by atoms with van der Waals surface area (Å²) in [5.74, 6) is 1.70.